The number of aliphatic hydroxyl groups excluding tert-OH is 1. The lowest BCUT2D eigenvalue weighted by Gasteiger charge is -2.62. The number of aliphatic hydroxyl groups is 2. The van der Waals surface area contributed by atoms with Crippen molar-refractivity contribution in [3.8, 4) is 0 Å². The number of Topliss-reactive ketones (excluding diaryl/α,β-unsaturated/α-hetero) is 1. The Morgan fingerprint density at radius 1 is 1.03 bits per heavy atom. The maximum atomic E-state index is 13.0. The van der Waals surface area contributed by atoms with Gasteiger partial charge in [-0.25, -0.2) is 0 Å². The Bertz CT molecular complexity index is 641. The molecule has 4 fully saturated rings. The van der Waals surface area contributed by atoms with Gasteiger partial charge in [0.25, 0.3) is 0 Å². The zero-order chi connectivity index (χ0) is 21.6. The molecule has 6 N–H and O–H groups in total. The number of carbonyl (C=O) groups excluding carboxylic acids is 1. The smallest absolute Gasteiger partial charge is 0.151 e. The minimum absolute atomic E-state index is 0.0116. The Morgan fingerprint density at radius 2 is 1.83 bits per heavy atom. The van der Waals surface area contributed by atoms with Crippen LogP contribution in [0.3, 0.4) is 0 Å². The second kappa shape index (κ2) is 8.43. The highest BCUT2D eigenvalue weighted by Crippen LogP contribution is 2.68. The molecular formula is C24H43N3O3. The number of ketones is 1. The molecule has 0 amide bonds. The van der Waals surface area contributed by atoms with Gasteiger partial charge >= 0.3 is 0 Å². The molecule has 0 bridgehead atoms. The van der Waals surface area contributed by atoms with Crippen LogP contribution in [0.25, 0.3) is 0 Å². The van der Waals surface area contributed by atoms with Crippen molar-refractivity contribution in [2.75, 3.05) is 26.2 Å². The van der Waals surface area contributed by atoms with Gasteiger partial charge in [0.05, 0.1) is 12.1 Å². The largest absolute Gasteiger partial charge is 0.396 e. The fraction of sp³-hybridized carbons (Fsp3) is 0.958. The molecule has 6 nitrogen and oxygen atoms in total. The fourth-order valence-electron chi connectivity index (χ4n) is 8.51. The van der Waals surface area contributed by atoms with Crippen LogP contribution in [-0.4, -0.2) is 47.8 Å². The summed E-state index contributed by atoms with van der Waals surface area (Å²) in [6, 6.07) is 0. The molecule has 4 rings (SSSR count). The van der Waals surface area contributed by atoms with Gasteiger partial charge in [-0.2, -0.15) is 0 Å². The van der Waals surface area contributed by atoms with Gasteiger partial charge < -0.3 is 15.9 Å². The molecule has 0 unspecified atom stereocenters. The van der Waals surface area contributed by atoms with Crippen LogP contribution in [0, 0.1) is 40.4 Å². The summed E-state index contributed by atoms with van der Waals surface area (Å²) in [6.07, 6.45) is 9.28. The van der Waals surface area contributed by atoms with Gasteiger partial charge in [0.2, 0.25) is 0 Å². The van der Waals surface area contributed by atoms with Crippen molar-refractivity contribution in [1.82, 2.24) is 10.9 Å². The lowest BCUT2D eigenvalue weighted by Crippen LogP contribution is -2.58. The molecule has 0 saturated heterocycles. The molecule has 6 heteroatoms. The van der Waals surface area contributed by atoms with E-state index in [4.69, 9.17) is 5.73 Å². The van der Waals surface area contributed by atoms with Crippen molar-refractivity contribution >= 4 is 5.78 Å². The molecule has 0 aromatic carbocycles. The summed E-state index contributed by atoms with van der Waals surface area (Å²) in [7, 11) is 0. The molecule has 0 spiro atoms. The summed E-state index contributed by atoms with van der Waals surface area (Å²) in [5.41, 5.74) is 11.1. The maximum Gasteiger partial charge on any atom is 0.151 e. The third-order valence-electron chi connectivity index (χ3n) is 9.99. The number of fused-ring (bicyclic) bond motifs is 5. The number of hydrogen-bond donors (Lipinski definition) is 5. The minimum Gasteiger partial charge on any atom is -0.396 e. The average molecular weight is 422 g/mol. The van der Waals surface area contributed by atoms with E-state index in [1.54, 1.807) is 0 Å². The molecule has 0 aliphatic heterocycles. The first-order valence-corrected chi connectivity index (χ1v) is 12.3. The predicted octanol–water partition coefficient (Wildman–Crippen LogP) is 1.99. The summed E-state index contributed by atoms with van der Waals surface area (Å²) in [5, 5.41) is 21.3. The molecular weight excluding hydrogens is 378 g/mol. The molecule has 0 radical (unpaired) electrons. The first-order valence-electron chi connectivity index (χ1n) is 12.3. The van der Waals surface area contributed by atoms with Crippen molar-refractivity contribution < 1.29 is 15.0 Å². The van der Waals surface area contributed by atoms with Crippen LogP contribution in [0.5, 0.6) is 0 Å². The summed E-state index contributed by atoms with van der Waals surface area (Å²) in [5.74, 6) is 2.68. The summed E-state index contributed by atoms with van der Waals surface area (Å²) in [6.45, 7) is 6.20. The number of carbonyl (C=O) groups is 1. The van der Waals surface area contributed by atoms with Crippen LogP contribution >= 0.6 is 0 Å². The van der Waals surface area contributed by atoms with Crippen molar-refractivity contribution in [3.05, 3.63) is 0 Å². The lowest BCUT2D eigenvalue weighted by molar-refractivity contribution is -0.171. The molecule has 0 heterocycles. The normalized spacial score (nSPS) is 48.0. The van der Waals surface area contributed by atoms with Gasteiger partial charge in [-0.3, -0.25) is 15.6 Å². The van der Waals surface area contributed by atoms with Crippen LogP contribution in [-0.2, 0) is 4.79 Å². The zero-order valence-electron chi connectivity index (χ0n) is 19.0. The summed E-state index contributed by atoms with van der Waals surface area (Å²) >= 11 is 0. The fourth-order valence-corrected chi connectivity index (χ4v) is 8.51. The number of hydrazine groups is 1. The lowest BCUT2D eigenvalue weighted by atomic mass is 9.43. The molecule has 30 heavy (non-hydrogen) atoms. The average Bonchev–Trinajstić information content (AvgIpc) is 3.07. The van der Waals surface area contributed by atoms with E-state index in [1.165, 1.54) is 6.42 Å². The van der Waals surface area contributed by atoms with E-state index in [0.717, 1.165) is 51.4 Å². The molecule has 4 aliphatic carbocycles. The van der Waals surface area contributed by atoms with E-state index < -0.39 is 5.60 Å². The Kier molecular flexibility index (Phi) is 6.37. The molecule has 172 valence electrons. The second-order valence-electron chi connectivity index (χ2n) is 11.5. The Morgan fingerprint density at radius 3 is 2.57 bits per heavy atom. The minimum atomic E-state index is -0.574. The van der Waals surface area contributed by atoms with E-state index >= 15 is 0 Å². The van der Waals surface area contributed by atoms with Crippen molar-refractivity contribution in [1.29, 1.82) is 0 Å². The highest BCUT2D eigenvalue weighted by Gasteiger charge is 2.62. The Labute approximate surface area is 181 Å². The maximum absolute atomic E-state index is 13.0. The SMILES string of the molecule is C[C@@]1(O)CC[C@@]2(CO)[C@@H](CC[C@H]3[C@@H]4CC[C@H](C(=O)CNNCCN)[C@@]4(C)CC[C@@H]32)C1. The summed E-state index contributed by atoms with van der Waals surface area (Å²) in [4.78, 5) is 13.0. The zero-order valence-corrected chi connectivity index (χ0v) is 19.0. The quantitative estimate of drug-likeness (QED) is 0.318. The summed E-state index contributed by atoms with van der Waals surface area (Å²) < 4.78 is 0. The molecule has 0 aromatic rings. The number of hydrogen-bond acceptors (Lipinski definition) is 6. The van der Waals surface area contributed by atoms with Gasteiger partial charge in [0.1, 0.15) is 0 Å². The molecule has 4 saturated carbocycles. The van der Waals surface area contributed by atoms with Crippen LogP contribution in [0.1, 0.15) is 71.6 Å². The third kappa shape index (κ3) is 3.66. The van der Waals surface area contributed by atoms with Gasteiger partial charge in [-0.15, -0.1) is 0 Å². The first kappa shape index (κ1) is 22.7. The van der Waals surface area contributed by atoms with Gasteiger partial charge in [-0.05, 0) is 99.2 Å². The highest BCUT2D eigenvalue weighted by molar-refractivity contribution is 5.84. The monoisotopic (exact) mass is 421 g/mol. The van der Waals surface area contributed by atoms with Crippen molar-refractivity contribution in [3.63, 3.8) is 0 Å². The first-order chi connectivity index (χ1) is 14.3. The van der Waals surface area contributed by atoms with Crippen LogP contribution in [0.2, 0.25) is 0 Å². The van der Waals surface area contributed by atoms with E-state index in [0.29, 0.717) is 49.1 Å². The third-order valence-corrected chi connectivity index (χ3v) is 9.99. The number of rotatable bonds is 7. The van der Waals surface area contributed by atoms with Crippen LogP contribution in [0.4, 0.5) is 0 Å². The van der Waals surface area contributed by atoms with Crippen LogP contribution < -0.4 is 16.6 Å². The van der Waals surface area contributed by atoms with Gasteiger partial charge in [-0.1, -0.05) is 6.92 Å². The Balaban J connectivity index is 1.49. The van der Waals surface area contributed by atoms with Crippen molar-refractivity contribution in [2.45, 2.75) is 77.2 Å². The van der Waals surface area contributed by atoms with E-state index in [-0.39, 0.29) is 23.4 Å². The molecule has 0 aromatic heterocycles. The topological polar surface area (TPSA) is 108 Å². The van der Waals surface area contributed by atoms with Gasteiger partial charge in [0, 0.05) is 25.6 Å². The number of nitrogens with one attached hydrogen (secondary N) is 2. The second-order valence-corrected chi connectivity index (χ2v) is 11.5. The highest BCUT2D eigenvalue weighted by atomic mass is 16.3. The number of nitrogens with two attached hydrogens (primary N) is 1. The van der Waals surface area contributed by atoms with Crippen LogP contribution in [0.15, 0.2) is 0 Å². The van der Waals surface area contributed by atoms with E-state index in [9.17, 15) is 15.0 Å². The van der Waals surface area contributed by atoms with E-state index in [1.807, 2.05) is 6.92 Å². The molecule has 4 aliphatic rings. The predicted molar refractivity (Wildman–Crippen MR) is 117 cm³/mol. The van der Waals surface area contributed by atoms with Crippen molar-refractivity contribution in [2.24, 2.45) is 46.2 Å². The van der Waals surface area contributed by atoms with E-state index in [2.05, 4.69) is 17.8 Å². The van der Waals surface area contributed by atoms with Gasteiger partial charge in [0.15, 0.2) is 5.78 Å². The Hall–Kier alpha value is -0.530. The standard InChI is InChI=1S/C24H43N3O3/c1-22(30)9-10-24(15-28)16(13-22)3-4-17-18-5-6-20(21(29)14-27-26-12-11-25)23(18,2)8-7-19(17)24/h16-20,26-28,30H,3-15,25H2,1-2H3/t16-,17-,18-,19-,20+,22+,23-,24+/m0/s1. The molecule has 8 atom stereocenters.